The Morgan fingerprint density at radius 1 is 1.24 bits per heavy atom. The van der Waals surface area contributed by atoms with Crippen molar-refractivity contribution in [3.63, 3.8) is 0 Å². The SMILES string of the molecule is O=C(C[C@@H]1Nc2ccccc2NC1=O)Nc1ccc(Cl)c([N+](=O)[O-])c1. The number of fused-ring (bicyclic) bond motifs is 1. The fourth-order valence-electron chi connectivity index (χ4n) is 2.46. The average molecular weight is 361 g/mol. The number of hydrogen-bond acceptors (Lipinski definition) is 5. The molecule has 2 aromatic rings. The quantitative estimate of drug-likeness (QED) is 0.573. The fraction of sp³-hybridized carbons (Fsp3) is 0.125. The van der Waals surface area contributed by atoms with Crippen molar-refractivity contribution in [1.29, 1.82) is 0 Å². The van der Waals surface area contributed by atoms with Gasteiger partial charge in [0.1, 0.15) is 11.1 Å². The summed E-state index contributed by atoms with van der Waals surface area (Å²) < 4.78 is 0. The molecule has 0 aromatic heterocycles. The molecule has 8 nitrogen and oxygen atoms in total. The number of hydrogen-bond donors (Lipinski definition) is 3. The van der Waals surface area contributed by atoms with Gasteiger partial charge in [0.05, 0.1) is 22.7 Å². The fourth-order valence-corrected chi connectivity index (χ4v) is 2.65. The third-order valence-corrected chi connectivity index (χ3v) is 3.97. The van der Waals surface area contributed by atoms with Gasteiger partial charge in [0, 0.05) is 11.8 Å². The summed E-state index contributed by atoms with van der Waals surface area (Å²) in [4.78, 5) is 34.5. The smallest absolute Gasteiger partial charge is 0.289 e. The molecular formula is C16H13ClN4O4. The highest BCUT2D eigenvalue weighted by Crippen LogP contribution is 2.28. The van der Waals surface area contributed by atoms with Crippen molar-refractivity contribution in [2.45, 2.75) is 12.5 Å². The first-order valence-corrected chi connectivity index (χ1v) is 7.72. The molecule has 0 radical (unpaired) electrons. The normalized spacial score (nSPS) is 15.6. The molecule has 2 aromatic carbocycles. The van der Waals surface area contributed by atoms with Crippen LogP contribution in [0.4, 0.5) is 22.7 Å². The van der Waals surface area contributed by atoms with Gasteiger partial charge in [-0.3, -0.25) is 19.7 Å². The summed E-state index contributed by atoms with van der Waals surface area (Å²) in [6, 6.07) is 10.4. The third-order valence-electron chi connectivity index (χ3n) is 3.65. The van der Waals surface area contributed by atoms with Crippen LogP contribution >= 0.6 is 11.6 Å². The third kappa shape index (κ3) is 3.69. The number of halogens is 1. The molecule has 1 atom stereocenters. The molecule has 128 valence electrons. The van der Waals surface area contributed by atoms with E-state index < -0.39 is 16.9 Å². The van der Waals surface area contributed by atoms with E-state index in [0.717, 1.165) is 5.69 Å². The summed E-state index contributed by atoms with van der Waals surface area (Å²) in [6.07, 6.45) is -0.128. The Kier molecular flexibility index (Phi) is 4.53. The van der Waals surface area contributed by atoms with Gasteiger partial charge in [0.15, 0.2) is 0 Å². The van der Waals surface area contributed by atoms with E-state index >= 15 is 0 Å². The van der Waals surface area contributed by atoms with E-state index in [-0.39, 0.29) is 28.7 Å². The van der Waals surface area contributed by atoms with E-state index in [0.29, 0.717) is 5.69 Å². The lowest BCUT2D eigenvalue weighted by Crippen LogP contribution is -2.41. The summed E-state index contributed by atoms with van der Waals surface area (Å²) in [5.41, 5.74) is 1.30. The van der Waals surface area contributed by atoms with Crippen molar-refractivity contribution in [1.82, 2.24) is 0 Å². The minimum absolute atomic E-state index is 0.0204. The molecule has 0 spiro atoms. The van der Waals surface area contributed by atoms with Crippen molar-refractivity contribution in [3.8, 4) is 0 Å². The monoisotopic (exact) mass is 360 g/mol. The molecule has 0 fully saturated rings. The number of amides is 2. The van der Waals surface area contributed by atoms with Crippen molar-refractivity contribution in [3.05, 3.63) is 57.6 Å². The van der Waals surface area contributed by atoms with Crippen LogP contribution in [-0.2, 0) is 9.59 Å². The first-order valence-electron chi connectivity index (χ1n) is 7.34. The van der Waals surface area contributed by atoms with Crippen LogP contribution in [-0.4, -0.2) is 22.8 Å². The first-order chi connectivity index (χ1) is 11.9. The zero-order valence-corrected chi connectivity index (χ0v) is 13.5. The Morgan fingerprint density at radius 3 is 2.68 bits per heavy atom. The van der Waals surface area contributed by atoms with Gasteiger partial charge in [0.25, 0.3) is 5.69 Å². The van der Waals surface area contributed by atoms with Crippen LogP contribution in [0.25, 0.3) is 0 Å². The van der Waals surface area contributed by atoms with Crippen LogP contribution < -0.4 is 16.0 Å². The number of carbonyl (C=O) groups excluding carboxylic acids is 2. The molecule has 0 aliphatic carbocycles. The van der Waals surface area contributed by atoms with Crippen LogP contribution in [0.2, 0.25) is 5.02 Å². The minimum atomic E-state index is -0.739. The van der Waals surface area contributed by atoms with E-state index in [1.165, 1.54) is 18.2 Å². The average Bonchev–Trinajstić information content (AvgIpc) is 2.57. The molecule has 9 heteroatoms. The lowest BCUT2D eigenvalue weighted by atomic mass is 10.1. The van der Waals surface area contributed by atoms with Gasteiger partial charge in [-0.25, -0.2) is 0 Å². The molecule has 25 heavy (non-hydrogen) atoms. The Balaban J connectivity index is 1.68. The van der Waals surface area contributed by atoms with Gasteiger partial charge in [-0.05, 0) is 24.3 Å². The number of benzene rings is 2. The maximum atomic E-state index is 12.2. The summed E-state index contributed by atoms with van der Waals surface area (Å²) in [5, 5.41) is 19.1. The van der Waals surface area contributed by atoms with Gasteiger partial charge in [-0.1, -0.05) is 23.7 Å². The van der Waals surface area contributed by atoms with Gasteiger partial charge in [-0.2, -0.15) is 0 Å². The molecule has 1 aliphatic rings. The Hall–Kier alpha value is -3.13. The topological polar surface area (TPSA) is 113 Å². The first kappa shape index (κ1) is 16.7. The maximum Gasteiger partial charge on any atom is 0.289 e. The molecule has 3 N–H and O–H groups in total. The largest absolute Gasteiger partial charge is 0.372 e. The predicted octanol–water partition coefficient (Wildman–Crippen LogP) is 3.01. The minimum Gasteiger partial charge on any atom is -0.372 e. The molecule has 0 unspecified atom stereocenters. The summed E-state index contributed by atoms with van der Waals surface area (Å²) in [5.74, 6) is -0.778. The number of para-hydroxylation sites is 2. The number of anilines is 3. The van der Waals surface area contributed by atoms with Crippen molar-refractivity contribution in [2.24, 2.45) is 0 Å². The van der Waals surface area contributed by atoms with E-state index in [9.17, 15) is 19.7 Å². The maximum absolute atomic E-state index is 12.2. The van der Waals surface area contributed by atoms with Gasteiger partial charge < -0.3 is 16.0 Å². The zero-order chi connectivity index (χ0) is 18.0. The summed E-state index contributed by atoms with van der Waals surface area (Å²) in [6.45, 7) is 0. The zero-order valence-electron chi connectivity index (χ0n) is 12.8. The van der Waals surface area contributed by atoms with Crippen LogP contribution in [0.3, 0.4) is 0 Å². The Bertz CT molecular complexity index is 871. The number of nitro groups is 1. The molecular weight excluding hydrogens is 348 g/mol. The molecule has 0 saturated carbocycles. The second-order valence-electron chi connectivity index (χ2n) is 5.41. The standard InChI is InChI=1S/C16H13ClN4O4/c17-10-6-5-9(7-14(10)21(24)25)18-15(22)8-13-16(23)20-12-4-2-1-3-11(12)19-13/h1-7,13,19H,8H2,(H,18,22)(H,20,23)/t13-/m0/s1. The molecule has 2 amide bonds. The molecule has 0 saturated heterocycles. The van der Waals surface area contributed by atoms with E-state index in [2.05, 4.69) is 16.0 Å². The van der Waals surface area contributed by atoms with Crippen molar-refractivity contribution >= 4 is 46.2 Å². The van der Waals surface area contributed by atoms with Crippen LogP contribution in [0.1, 0.15) is 6.42 Å². The van der Waals surface area contributed by atoms with Crippen molar-refractivity contribution < 1.29 is 14.5 Å². The summed E-state index contributed by atoms with van der Waals surface area (Å²) >= 11 is 5.73. The van der Waals surface area contributed by atoms with Crippen LogP contribution in [0.5, 0.6) is 0 Å². The lowest BCUT2D eigenvalue weighted by molar-refractivity contribution is -0.384. The van der Waals surface area contributed by atoms with Gasteiger partial charge >= 0.3 is 0 Å². The predicted molar refractivity (Wildman–Crippen MR) is 93.8 cm³/mol. The number of carbonyl (C=O) groups is 2. The molecule has 0 bridgehead atoms. The Labute approximate surface area is 147 Å². The number of rotatable bonds is 4. The van der Waals surface area contributed by atoms with E-state index in [1.54, 1.807) is 18.2 Å². The van der Waals surface area contributed by atoms with Gasteiger partial charge in [0.2, 0.25) is 11.8 Å². The van der Waals surface area contributed by atoms with Crippen LogP contribution in [0.15, 0.2) is 42.5 Å². The molecule has 1 heterocycles. The number of nitro benzene ring substituents is 1. The Morgan fingerprint density at radius 2 is 1.96 bits per heavy atom. The molecule has 3 rings (SSSR count). The highest BCUT2D eigenvalue weighted by atomic mass is 35.5. The number of nitrogens with one attached hydrogen (secondary N) is 3. The van der Waals surface area contributed by atoms with Crippen molar-refractivity contribution in [2.75, 3.05) is 16.0 Å². The van der Waals surface area contributed by atoms with Crippen LogP contribution in [0, 0.1) is 10.1 Å². The van der Waals surface area contributed by atoms with Gasteiger partial charge in [-0.15, -0.1) is 0 Å². The molecule has 1 aliphatic heterocycles. The highest BCUT2D eigenvalue weighted by Gasteiger charge is 2.27. The second kappa shape index (κ2) is 6.78. The number of nitrogens with zero attached hydrogens (tertiary/aromatic N) is 1. The summed E-state index contributed by atoms with van der Waals surface area (Å²) in [7, 11) is 0. The van der Waals surface area contributed by atoms with E-state index in [4.69, 9.17) is 11.6 Å². The lowest BCUT2D eigenvalue weighted by Gasteiger charge is -2.26. The highest BCUT2D eigenvalue weighted by molar-refractivity contribution is 6.32. The second-order valence-corrected chi connectivity index (χ2v) is 5.81. The van der Waals surface area contributed by atoms with E-state index in [1.807, 2.05) is 6.07 Å².